The molecule has 9 heteroatoms. The lowest BCUT2D eigenvalue weighted by Crippen LogP contribution is -2.43. The lowest BCUT2D eigenvalue weighted by molar-refractivity contribution is -0.151. The summed E-state index contributed by atoms with van der Waals surface area (Å²) >= 11 is 1.30. The van der Waals surface area contributed by atoms with E-state index in [9.17, 15) is 14.4 Å². The van der Waals surface area contributed by atoms with Gasteiger partial charge >= 0.3 is 12.0 Å². The predicted octanol–water partition coefficient (Wildman–Crippen LogP) is 1.97. The Bertz CT molecular complexity index is 835. The summed E-state index contributed by atoms with van der Waals surface area (Å²) in [6, 6.07) is 9.05. The van der Waals surface area contributed by atoms with Gasteiger partial charge in [0.1, 0.15) is 0 Å². The SMILES string of the molecule is CNC(=O)NC(=O)[C@@H](C)OC(=O)CSc1c(C)nn(-c2ccccc2)c1C. The molecule has 1 aromatic heterocycles. The van der Waals surface area contributed by atoms with Gasteiger partial charge in [-0.05, 0) is 32.9 Å². The Morgan fingerprint density at radius 2 is 1.89 bits per heavy atom. The van der Waals surface area contributed by atoms with Crippen molar-refractivity contribution in [3.05, 3.63) is 41.7 Å². The standard InChI is InChI=1S/C18H22N4O4S/c1-11-16(12(2)22(21-11)14-8-6-5-7-9-14)27-10-15(23)26-13(3)17(24)20-18(25)19-4/h5-9,13H,10H2,1-4H3,(H2,19,20,24,25)/t13-/m1/s1. The van der Waals surface area contributed by atoms with Crippen LogP contribution in [0.1, 0.15) is 18.3 Å². The van der Waals surface area contributed by atoms with E-state index in [4.69, 9.17) is 4.74 Å². The molecule has 2 N–H and O–H groups in total. The smallest absolute Gasteiger partial charge is 0.321 e. The molecule has 0 saturated heterocycles. The Kier molecular flexibility index (Phi) is 7.00. The van der Waals surface area contributed by atoms with E-state index in [1.165, 1.54) is 25.7 Å². The molecule has 0 aliphatic heterocycles. The summed E-state index contributed by atoms with van der Waals surface area (Å²) < 4.78 is 6.89. The molecule has 27 heavy (non-hydrogen) atoms. The molecule has 0 bridgehead atoms. The molecule has 0 spiro atoms. The number of carbonyl (C=O) groups excluding carboxylic acids is 3. The van der Waals surface area contributed by atoms with Crippen molar-refractivity contribution in [3.8, 4) is 5.69 Å². The van der Waals surface area contributed by atoms with Crippen molar-refractivity contribution >= 4 is 29.7 Å². The van der Waals surface area contributed by atoms with Crippen molar-refractivity contribution in [2.75, 3.05) is 12.8 Å². The number of aromatic nitrogens is 2. The Morgan fingerprint density at radius 3 is 2.52 bits per heavy atom. The average Bonchev–Trinajstić information content (AvgIpc) is 2.94. The second-order valence-electron chi connectivity index (χ2n) is 5.74. The van der Waals surface area contributed by atoms with Gasteiger partial charge in [0.15, 0.2) is 6.10 Å². The third-order valence-corrected chi connectivity index (χ3v) is 4.96. The number of aryl methyl sites for hydroxylation is 1. The van der Waals surface area contributed by atoms with E-state index in [0.717, 1.165) is 22.0 Å². The third kappa shape index (κ3) is 5.33. The fraction of sp³-hybridized carbons (Fsp3) is 0.333. The minimum Gasteiger partial charge on any atom is -0.452 e. The van der Waals surface area contributed by atoms with Crippen LogP contribution in [0.3, 0.4) is 0 Å². The number of urea groups is 1. The molecule has 0 aliphatic carbocycles. The molecule has 1 heterocycles. The maximum Gasteiger partial charge on any atom is 0.321 e. The minimum atomic E-state index is -1.07. The number of carbonyl (C=O) groups is 3. The number of imide groups is 1. The summed E-state index contributed by atoms with van der Waals surface area (Å²) in [5, 5.41) is 8.84. The van der Waals surface area contributed by atoms with Gasteiger partial charge in [-0.1, -0.05) is 18.2 Å². The van der Waals surface area contributed by atoms with Crippen LogP contribution in [0, 0.1) is 13.8 Å². The maximum absolute atomic E-state index is 12.0. The molecule has 3 amide bonds. The van der Waals surface area contributed by atoms with Crippen LogP contribution in [0.15, 0.2) is 35.2 Å². The summed E-state index contributed by atoms with van der Waals surface area (Å²) in [5.41, 5.74) is 2.66. The maximum atomic E-state index is 12.0. The molecule has 1 atom stereocenters. The molecular weight excluding hydrogens is 368 g/mol. The lowest BCUT2D eigenvalue weighted by Gasteiger charge is -2.12. The van der Waals surface area contributed by atoms with Crippen molar-refractivity contribution in [1.29, 1.82) is 0 Å². The van der Waals surface area contributed by atoms with Gasteiger partial charge in [0.25, 0.3) is 5.91 Å². The number of thioether (sulfide) groups is 1. The number of nitrogens with one attached hydrogen (secondary N) is 2. The van der Waals surface area contributed by atoms with Gasteiger partial charge in [-0.15, -0.1) is 11.8 Å². The number of rotatable bonds is 6. The largest absolute Gasteiger partial charge is 0.452 e. The first-order chi connectivity index (χ1) is 12.8. The van der Waals surface area contributed by atoms with Gasteiger partial charge in [0, 0.05) is 7.05 Å². The third-order valence-electron chi connectivity index (χ3n) is 3.70. The highest BCUT2D eigenvalue weighted by Gasteiger charge is 2.21. The molecular formula is C18H22N4O4S. The Balaban J connectivity index is 1.96. The van der Waals surface area contributed by atoms with Crippen LogP contribution in [-0.2, 0) is 14.3 Å². The number of hydrogen-bond acceptors (Lipinski definition) is 6. The van der Waals surface area contributed by atoms with Gasteiger partial charge in [-0.2, -0.15) is 5.10 Å². The monoisotopic (exact) mass is 390 g/mol. The zero-order chi connectivity index (χ0) is 20.0. The van der Waals surface area contributed by atoms with Crippen molar-refractivity contribution in [2.45, 2.75) is 31.8 Å². The van der Waals surface area contributed by atoms with Crippen molar-refractivity contribution in [3.63, 3.8) is 0 Å². The molecule has 1 aromatic carbocycles. The summed E-state index contributed by atoms with van der Waals surface area (Å²) in [4.78, 5) is 35.8. The van der Waals surface area contributed by atoms with E-state index in [1.807, 2.05) is 48.9 Å². The van der Waals surface area contributed by atoms with E-state index < -0.39 is 24.0 Å². The number of nitrogens with zero attached hydrogens (tertiary/aromatic N) is 2. The molecule has 2 rings (SSSR count). The van der Waals surface area contributed by atoms with E-state index in [-0.39, 0.29) is 5.75 Å². The summed E-state index contributed by atoms with van der Waals surface area (Å²) in [6.45, 7) is 5.21. The second-order valence-corrected chi connectivity index (χ2v) is 6.72. The predicted molar refractivity (Wildman–Crippen MR) is 102 cm³/mol. The molecule has 0 radical (unpaired) electrons. The number of benzene rings is 1. The van der Waals surface area contributed by atoms with E-state index in [1.54, 1.807) is 0 Å². The molecule has 8 nitrogen and oxygen atoms in total. The quantitative estimate of drug-likeness (QED) is 0.577. The molecule has 2 aromatic rings. The Morgan fingerprint density at radius 1 is 1.22 bits per heavy atom. The first-order valence-electron chi connectivity index (χ1n) is 8.30. The van der Waals surface area contributed by atoms with Crippen molar-refractivity contribution in [1.82, 2.24) is 20.4 Å². The minimum absolute atomic E-state index is 0.0275. The summed E-state index contributed by atoms with van der Waals surface area (Å²) in [5.74, 6) is -1.21. The summed E-state index contributed by atoms with van der Waals surface area (Å²) in [6.07, 6.45) is -1.07. The number of esters is 1. The van der Waals surface area contributed by atoms with Crippen LogP contribution in [0.25, 0.3) is 5.69 Å². The van der Waals surface area contributed by atoms with Crippen molar-refractivity contribution in [2.24, 2.45) is 0 Å². The van der Waals surface area contributed by atoms with Crippen LogP contribution < -0.4 is 10.6 Å². The van der Waals surface area contributed by atoms with Gasteiger partial charge in [0.05, 0.1) is 27.7 Å². The summed E-state index contributed by atoms with van der Waals surface area (Å²) in [7, 11) is 1.39. The van der Waals surface area contributed by atoms with Crippen LogP contribution in [0.5, 0.6) is 0 Å². The lowest BCUT2D eigenvalue weighted by atomic mass is 10.3. The van der Waals surface area contributed by atoms with E-state index >= 15 is 0 Å². The van der Waals surface area contributed by atoms with E-state index in [2.05, 4.69) is 15.7 Å². The molecule has 0 unspecified atom stereocenters. The molecule has 0 fully saturated rings. The van der Waals surface area contributed by atoms with Gasteiger partial charge in [-0.25, -0.2) is 9.48 Å². The second kappa shape index (κ2) is 9.22. The topological polar surface area (TPSA) is 102 Å². The van der Waals surface area contributed by atoms with Gasteiger partial charge in [-0.3, -0.25) is 14.9 Å². The number of hydrogen-bond donors (Lipinski definition) is 2. The fourth-order valence-corrected chi connectivity index (χ4v) is 3.22. The first-order valence-corrected chi connectivity index (χ1v) is 9.28. The van der Waals surface area contributed by atoms with Crippen LogP contribution in [0.4, 0.5) is 4.79 Å². The zero-order valence-corrected chi connectivity index (χ0v) is 16.4. The fourth-order valence-electron chi connectivity index (χ4n) is 2.35. The molecule has 0 aliphatic rings. The number of para-hydroxylation sites is 1. The van der Waals surface area contributed by atoms with Gasteiger partial charge in [0.2, 0.25) is 0 Å². The van der Waals surface area contributed by atoms with Crippen LogP contribution >= 0.6 is 11.8 Å². The number of ether oxygens (including phenoxy) is 1. The number of amides is 3. The Labute approximate surface area is 161 Å². The highest BCUT2D eigenvalue weighted by atomic mass is 32.2. The highest BCUT2D eigenvalue weighted by molar-refractivity contribution is 8.00. The van der Waals surface area contributed by atoms with Crippen LogP contribution in [-0.4, -0.2) is 46.6 Å². The Hall–Kier alpha value is -2.81. The highest BCUT2D eigenvalue weighted by Crippen LogP contribution is 2.28. The van der Waals surface area contributed by atoms with Gasteiger partial charge < -0.3 is 10.1 Å². The van der Waals surface area contributed by atoms with Crippen LogP contribution in [0.2, 0.25) is 0 Å². The molecule has 144 valence electrons. The normalized spacial score (nSPS) is 11.6. The van der Waals surface area contributed by atoms with E-state index in [0.29, 0.717) is 0 Å². The zero-order valence-electron chi connectivity index (χ0n) is 15.6. The molecule has 0 saturated carbocycles. The average molecular weight is 390 g/mol. The first kappa shape index (κ1) is 20.5. The van der Waals surface area contributed by atoms with Crippen molar-refractivity contribution < 1.29 is 19.1 Å².